The largest absolute Gasteiger partial charge is 0.508 e. The van der Waals surface area contributed by atoms with Gasteiger partial charge in [-0.1, -0.05) is 13.0 Å². The van der Waals surface area contributed by atoms with Gasteiger partial charge in [0.15, 0.2) is 0 Å². The molecule has 4 rings (SSSR count). The van der Waals surface area contributed by atoms with E-state index in [0.717, 1.165) is 13.0 Å². The highest BCUT2D eigenvalue weighted by Gasteiger charge is 2.50. The molecule has 0 aromatic heterocycles. The lowest BCUT2D eigenvalue weighted by Crippen LogP contribution is -2.44. The number of phenolic OH excluding ortho intramolecular Hbond substituents is 1. The Hall–Kier alpha value is -1.02. The SMILES string of the molecule is CC12CCc3cc(O)ccc3C1CC1(CCCO1)CC2. The van der Waals surface area contributed by atoms with E-state index in [2.05, 4.69) is 13.0 Å². The maximum atomic E-state index is 9.73. The van der Waals surface area contributed by atoms with Crippen LogP contribution in [0.5, 0.6) is 5.75 Å². The maximum Gasteiger partial charge on any atom is 0.115 e. The minimum Gasteiger partial charge on any atom is -0.508 e. The molecular formula is C18H24O2. The van der Waals surface area contributed by atoms with Gasteiger partial charge in [0.2, 0.25) is 0 Å². The number of hydrogen-bond donors (Lipinski definition) is 1. The summed E-state index contributed by atoms with van der Waals surface area (Å²) < 4.78 is 6.16. The van der Waals surface area contributed by atoms with Crippen LogP contribution in [0.4, 0.5) is 0 Å². The molecule has 1 saturated heterocycles. The summed E-state index contributed by atoms with van der Waals surface area (Å²) in [6.45, 7) is 3.42. The van der Waals surface area contributed by atoms with Crippen LogP contribution in [0, 0.1) is 5.41 Å². The quantitative estimate of drug-likeness (QED) is 0.768. The predicted octanol–water partition coefficient (Wildman–Crippen LogP) is 4.16. The van der Waals surface area contributed by atoms with Crippen LogP contribution in [0.1, 0.15) is 62.5 Å². The molecular weight excluding hydrogens is 248 g/mol. The Morgan fingerprint density at radius 2 is 2.10 bits per heavy atom. The second-order valence-corrected chi connectivity index (χ2v) is 7.43. The van der Waals surface area contributed by atoms with E-state index in [1.54, 1.807) is 0 Å². The highest BCUT2D eigenvalue weighted by molar-refractivity contribution is 5.41. The van der Waals surface area contributed by atoms with E-state index in [0.29, 0.717) is 17.1 Å². The number of aryl methyl sites for hydroxylation is 1. The molecule has 3 unspecified atom stereocenters. The third-order valence-corrected chi connectivity index (χ3v) is 6.22. The molecule has 1 saturated carbocycles. The Balaban J connectivity index is 1.73. The van der Waals surface area contributed by atoms with Crippen LogP contribution in [-0.2, 0) is 11.2 Å². The Morgan fingerprint density at radius 3 is 2.90 bits per heavy atom. The van der Waals surface area contributed by atoms with E-state index in [-0.39, 0.29) is 5.60 Å². The molecule has 3 aliphatic rings. The molecule has 1 heterocycles. The van der Waals surface area contributed by atoms with Crippen molar-refractivity contribution in [3.8, 4) is 5.75 Å². The first-order valence-corrected chi connectivity index (χ1v) is 8.06. The number of hydrogen-bond acceptors (Lipinski definition) is 2. The van der Waals surface area contributed by atoms with Gasteiger partial charge in [0.1, 0.15) is 5.75 Å². The monoisotopic (exact) mass is 272 g/mol. The number of aromatic hydroxyl groups is 1. The van der Waals surface area contributed by atoms with Crippen LogP contribution < -0.4 is 0 Å². The van der Waals surface area contributed by atoms with E-state index in [4.69, 9.17) is 4.74 Å². The molecule has 1 aromatic carbocycles. The summed E-state index contributed by atoms with van der Waals surface area (Å²) in [5.41, 5.74) is 3.44. The zero-order chi connectivity index (χ0) is 13.8. The van der Waals surface area contributed by atoms with Gasteiger partial charge in [-0.2, -0.15) is 0 Å². The van der Waals surface area contributed by atoms with Crippen LogP contribution in [0.3, 0.4) is 0 Å². The van der Waals surface area contributed by atoms with E-state index in [1.807, 2.05) is 12.1 Å². The minimum absolute atomic E-state index is 0.163. The summed E-state index contributed by atoms with van der Waals surface area (Å²) in [4.78, 5) is 0. The van der Waals surface area contributed by atoms with Crippen molar-refractivity contribution in [1.82, 2.24) is 0 Å². The number of rotatable bonds is 0. The van der Waals surface area contributed by atoms with Crippen LogP contribution in [0.15, 0.2) is 18.2 Å². The van der Waals surface area contributed by atoms with Gasteiger partial charge in [-0.25, -0.2) is 0 Å². The lowest BCUT2D eigenvalue weighted by atomic mass is 9.55. The second kappa shape index (κ2) is 4.24. The Labute approximate surface area is 121 Å². The van der Waals surface area contributed by atoms with Crippen LogP contribution in [0.25, 0.3) is 0 Å². The third kappa shape index (κ3) is 1.81. The van der Waals surface area contributed by atoms with Crippen LogP contribution >= 0.6 is 0 Å². The topological polar surface area (TPSA) is 29.5 Å². The van der Waals surface area contributed by atoms with E-state index in [9.17, 15) is 5.11 Å². The summed E-state index contributed by atoms with van der Waals surface area (Å²) in [5, 5.41) is 9.73. The summed E-state index contributed by atoms with van der Waals surface area (Å²) >= 11 is 0. The van der Waals surface area contributed by atoms with Crippen LogP contribution in [-0.4, -0.2) is 17.3 Å². The average Bonchev–Trinajstić information content (AvgIpc) is 2.89. The van der Waals surface area contributed by atoms with E-state index in [1.165, 1.54) is 49.7 Å². The van der Waals surface area contributed by atoms with Gasteiger partial charge in [-0.15, -0.1) is 0 Å². The summed E-state index contributed by atoms with van der Waals surface area (Å²) in [7, 11) is 0. The van der Waals surface area contributed by atoms with Crippen molar-refractivity contribution in [1.29, 1.82) is 0 Å². The maximum absolute atomic E-state index is 9.73. The molecule has 108 valence electrons. The van der Waals surface area contributed by atoms with Gasteiger partial charge in [-0.3, -0.25) is 0 Å². The van der Waals surface area contributed by atoms with Crippen molar-refractivity contribution in [2.45, 2.75) is 63.4 Å². The highest BCUT2D eigenvalue weighted by Crippen LogP contribution is 2.58. The molecule has 2 aliphatic carbocycles. The first-order chi connectivity index (χ1) is 9.60. The number of benzene rings is 1. The minimum atomic E-state index is 0.163. The first kappa shape index (κ1) is 12.7. The molecule has 3 atom stereocenters. The molecule has 1 N–H and O–H groups in total. The molecule has 20 heavy (non-hydrogen) atoms. The molecule has 0 amide bonds. The molecule has 2 nitrogen and oxygen atoms in total. The molecule has 0 radical (unpaired) electrons. The van der Waals surface area contributed by atoms with Crippen molar-refractivity contribution in [3.63, 3.8) is 0 Å². The Morgan fingerprint density at radius 1 is 1.20 bits per heavy atom. The molecule has 2 fully saturated rings. The summed E-state index contributed by atoms with van der Waals surface area (Å²) in [5.74, 6) is 1.02. The fraction of sp³-hybridized carbons (Fsp3) is 0.667. The van der Waals surface area contributed by atoms with Gasteiger partial charge in [0.05, 0.1) is 5.60 Å². The number of fused-ring (bicyclic) bond motifs is 3. The molecule has 1 aromatic rings. The first-order valence-electron chi connectivity index (χ1n) is 8.06. The van der Waals surface area contributed by atoms with Gasteiger partial charge >= 0.3 is 0 Å². The molecule has 0 bridgehead atoms. The Bertz CT molecular complexity index is 530. The lowest BCUT2D eigenvalue weighted by Gasteiger charge is -2.51. The highest BCUT2D eigenvalue weighted by atomic mass is 16.5. The number of phenols is 1. The molecule has 1 aliphatic heterocycles. The smallest absolute Gasteiger partial charge is 0.115 e. The normalized spacial score (nSPS) is 39.5. The standard InChI is InChI=1S/C18H24O2/c1-17-7-5-13-11-14(19)3-4-15(13)16(17)12-18(9-8-17)6-2-10-20-18/h3-4,11,16,19H,2,5-10,12H2,1H3. The summed E-state index contributed by atoms with van der Waals surface area (Å²) in [6, 6.07) is 6.01. The Kier molecular flexibility index (Phi) is 2.69. The predicted molar refractivity (Wildman–Crippen MR) is 79.0 cm³/mol. The zero-order valence-electron chi connectivity index (χ0n) is 12.3. The van der Waals surface area contributed by atoms with Crippen molar-refractivity contribution in [2.24, 2.45) is 5.41 Å². The molecule has 2 heteroatoms. The third-order valence-electron chi connectivity index (χ3n) is 6.22. The van der Waals surface area contributed by atoms with Crippen molar-refractivity contribution < 1.29 is 9.84 Å². The summed E-state index contributed by atoms with van der Waals surface area (Å²) in [6.07, 6.45) is 8.56. The molecule has 1 spiro atoms. The fourth-order valence-electron chi connectivity index (χ4n) is 4.87. The van der Waals surface area contributed by atoms with Gasteiger partial charge in [0, 0.05) is 6.61 Å². The average molecular weight is 272 g/mol. The van der Waals surface area contributed by atoms with Crippen molar-refractivity contribution >= 4 is 0 Å². The van der Waals surface area contributed by atoms with Crippen LogP contribution in [0.2, 0.25) is 0 Å². The number of ether oxygens (including phenoxy) is 1. The van der Waals surface area contributed by atoms with Gasteiger partial charge in [-0.05, 0) is 79.5 Å². The van der Waals surface area contributed by atoms with Gasteiger partial charge < -0.3 is 9.84 Å². The zero-order valence-corrected chi connectivity index (χ0v) is 12.3. The fourth-order valence-corrected chi connectivity index (χ4v) is 4.87. The second-order valence-electron chi connectivity index (χ2n) is 7.43. The van der Waals surface area contributed by atoms with E-state index >= 15 is 0 Å². The lowest BCUT2D eigenvalue weighted by molar-refractivity contribution is -0.0652. The van der Waals surface area contributed by atoms with E-state index < -0.39 is 0 Å². The van der Waals surface area contributed by atoms with Crippen molar-refractivity contribution in [3.05, 3.63) is 29.3 Å². The van der Waals surface area contributed by atoms with Crippen molar-refractivity contribution in [2.75, 3.05) is 6.61 Å². The van der Waals surface area contributed by atoms with Gasteiger partial charge in [0.25, 0.3) is 0 Å².